The lowest BCUT2D eigenvalue weighted by Crippen LogP contribution is -2.50. The average molecular weight is 357 g/mol. The van der Waals surface area contributed by atoms with Gasteiger partial charge in [-0.15, -0.1) is 0 Å². The van der Waals surface area contributed by atoms with Crippen LogP contribution >= 0.6 is 0 Å². The lowest BCUT2D eigenvalue weighted by atomic mass is 9.83. The summed E-state index contributed by atoms with van der Waals surface area (Å²) >= 11 is 0. The van der Waals surface area contributed by atoms with Crippen molar-refractivity contribution in [2.24, 2.45) is 5.41 Å². The van der Waals surface area contributed by atoms with E-state index in [1.54, 1.807) is 6.07 Å². The van der Waals surface area contributed by atoms with Crippen molar-refractivity contribution in [1.82, 2.24) is 5.32 Å². The zero-order valence-electron chi connectivity index (χ0n) is 16.1. The van der Waals surface area contributed by atoms with E-state index in [1.807, 2.05) is 41.5 Å². The molecule has 0 amide bonds. The zero-order chi connectivity index (χ0) is 19.5. The smallest absolute Gasteiger partial charge is 0.303 e. The van der Waals surface area contributed by atoms with E-state index < -0.39 is 17.2 Å². The summed E-state index contributed by atoms with van der Waals surface area (Å²) in [4.78, 5) is 12.7. The highest BCUT2D eigenvalue weighted by Crippen LogP contribution is 2.32. The van der Waals surface area contributed by atoms with Gasteiger partial charge in [0.1, 0.15) is 0 Å². The highest BCUT2D eigenvalue weighted by atomic mass is 19.4. The Morgan fingerprint density at radius 1 is 1.04 bits per heavy atom. The molecule has 2 nitrogen and oxygen atoms in total. The average Bonchev–Trinajstić information content (AvgIpc) is 2.42. The summed E-state index contributed by atoms with van der Waals surface area (Å²) in [6.45, 7) is 11.5. The third kappa shape index (κ3) is 7.18. The molecule has 1 unspecified atom stereocenters. The number of hydrogen-bond acceptors (Lipinski definition) is 2. The molecule has 25 heavy (non-hydrogen) atoms. The summed E-state index contributed by atoms with van der Waals surface area (Å²) in [5.41, 5.74) is -1.03. The Bertz CT molecular complexity index is 580. The molecule has 0 aliphatic rings. The van der Waals surface area contributed by atoms with Crippen LogP contribution in [0.25, 0.3) is 0 Å². The predicted octanol–water partition coefficient (Wildman–Crippen LogP) is 5.40. The molecule has 142 valence electrons. The van der Waals surface area contributed by atoms with E-state index in [9.17, 15) is 18.0 Å². The van der Waals surface area contributed by atoms with Crippen molar-refractivity contribution >= 4 is 5.78 Å². The van der Waals surface area contributed by atoms with E-state index in [0.717, 1.165) is 6.07 Å². The van der Waals surface area contributed by atoms with Crippen molar-refractivity contribution in [3.63, 3.8) is 0 Å². The van der Waals surface area contributed by atoms with E-state index in [0.29, 0.717) is 19.3 Å². The Kier molecular flexibility index (Phi) is 6.85. The third-order valence-electron chi connectivity index (χ3n) is 3.92. The van der Waals surface area contributed by atoms with Crippen molar-refractivity contribution < 1.29 is 18.0 Å². The highest BCUT2D eigenvalue weighted by molar-refractivity contribution is 5.88. The first-order valence-electron chi connectivity index (χ1n) is 8.69. The molecule has 0 bridgehead atoms. The van der Waals surface area contributed by atoms with E-state index in [4.69, 9.17) is 0 Å². The molecule has 1 aromatic rings. The molecule has 1 atom stereocenters. The first kappa shape index (κ1) is 21.7. The van der Waals surface area contributed by atoms with E-state index in [1.165, 1.54) is 12.1 Å². The van der Waals surface area contributed by atoms with Gasteiger partial charge in [-0.3, -0.25) is 4.79 Å². The number of nitrogens with one attached hydrogen (secondary N) is 1. The Labute approximate surface area is 149 Å². The van der Waals surface area contributed by atoms with Gasteiger partial charge in [-0.25, -0.2) is 0 Å². The topological polar surface area (TPSA) is 29.1 Å². The fourth-order valence-corrected chi connectivity index (χ4v) is 2.83. The molecular formula is C20H30F3NO. The summed E-state index contributed by atoms with van der Waals surface area (Å²) in [5.74, 6) is 0.0894. The molecule has 1 aromatic carbocycles. The highest BCUT2D eigenvalue weighted by Gasteiger charge is 2.34. The molecule has 0 saturated carbocycles. The first-order valence-corrected chi connectivity index (χ1v) is 8.69. The van der Waals surface area contributed by atoms with Gasteiger partial charge in [0.15, 0.2) is 5.78 Å². The Morgan fingerprint density at radius 2 is 1.60 bits per heavy atom. The third-order valence-corrected chi connectivity index (χ3v) is 3.92. The van der Waals surface area contributed by atoms with Crippen LogP contribution in [-0.2, 0) is 17.4 Å². The number of alkyl halides is 3. The van der Waals surface area contributed by atoms with Crippen LogP contribution in [0.4, 0.5) is 13.2 Å². The maximum Gasteiger partial charge on any atom is 0.416 e. The largest absolute Gasteiger partial charge is 0.416 e. The summed E-state index contributed by atoms with van der Waals surface area (Å²) in [7, 11) is 0. The normalized spacial score (nSPS) is 14.4. The number of rotatable bonds is 6. The maximum atomic E-state index is 13.1. The van der Waals surface area contributed by atoms with Crippen molar-refractivity contribution in [2.45, 2.75) is 78.6 Å². The lowest BCUT2D eigenvalue weighted by molar-refractivity contribution is -0.138. The van der Waals surface area contributed by atoms with Crippen LogP contribution in [-0.4, -0.2) is 17.4 Å². The molecule has 0 radical (unpaired) electrons. The Hall–Kier alpha value is -1.36. The van der Waals surface area contributed by atoms with Crippen LogP contribution in [0, 0.1) is 5.41 Å². The van der Waals surface area contributed by atoms with Gasteiger partial charge in [-0.1, -0.05) is 39.0 Å². The molecule has 0 aliphatic heterocycles. The van der Waals surface area contributed by atoms with Gasteiger partial charge in [-0.05, 0) is 51.7 Å². The van der Waals surface area contributed by atoms with Crippen LogP contribution in [0.5, 0.6) is 0 Å². The van der Waals surface area contributed by atoms with Gasteiger partial charge in [0.2, 0.25) is 0 Å². The van der Waals surface area contributed by atoms with Gasteiger partial charge in [0.25, 0.3) is 0 Å². The Morgan fingerprint density at radius 3 is 2.08 bits per heavy atom. The minimum atomic E-state index is -4.35. The predicted molar refractivity (Wildman–Crippen MR) is 95.5 cm³/mol. The number of Topliss-reactive ketones (excluding diaryl/α,β-unsaturated/α-hetero) is 1. The van der Waals surface area contributed by atoms with Crippen molar-refractivity contribution in [2.75, 3.05) is 0 Å². The van der Waals surface area contributed by atoms with Gasteiger partial charge in [-0.2, -0.15) is 13.2 Å². The van der Waals surface area contributed by atoms with Crippen molar-refractivity contribution in [3.05, 3.63) is 35.4 Å². The maximum absolute atomic E-state index is 13.1. The zero-order valence-corrected chi connectivity index (χ0v) is 16.1. The van der Waals surface area contributed by atoms with E-state index in [2.05, 4.69) is 5.32 Å². The fraction of sp³-hybridized carbons (Fsp3) is 0.650. The van der Waals surface area contributed by atoms with Crippen LogP contribution < -0.4 is 5.32 Å². The van der Waals surface area contributed by atoms with Crippen molar-refractivity contribution in [1.29, 1.82) is 0 Å². The molecule has 5 heteroatoms. The van der Waals surface area contributed by atoms with Crippen LogP contribution in [0.1, 0.15) is 65.5 Å². The molecular weight excluding hydrogens is 327 g/mol. The molecule has 1 rings (SSSR count). The van der Waals surface area contributed by atoms with E-state index in [-0.39, 0.29) is 22.9 Å². The second-order valence-electron chi connectivity index (χ2n) is 8.61. The Balaban J connectivity index is 2.84. The first-order chi connectivity index (χ1) is 11.2. The second kappa shape index (κ2) is 7.90. The number of carbonyl (C=O) groups is 1. The number of halogens is 3. The SMILES string of the molecule is CC(C)(C)NC(CCCc1ccccc1C(F)(F)F)C(=O)C(C)(C)C. The van der Waals surface area contributed by atoms with Crippen molar-refractivity contribution in [3.8, 4) is 0 Å². The molecule has 0 spiro atoms. The number of benzene rings is 1. The number of carbonyl (C=O) groups excluding carboxylic acids is 1. The molecule has 0 fully saturated rings. The van der Waals surface area contributed by atoms with Crippen LogP contribution in [0.15, 0.2) is 24.3 Å². The monoisotopic (exact) mass is 357 g/mol. The van der Waals surface area contributed by atoms with Gasteiger partial charge >= 0.3 is 6.18 Å². The standard InChI is InChI=1S/C20H30F3NO/c1-18(2,3)17(25)16(24-19(4,5)6)13-9-11-14-10-7-8-12-15(14)20(21,22)23/h7-8,10,12,16,24H,9,11,13H2,1-6H3. The number of hydrogen-bond donors (Lipinski definition) is 1. The summed E-state index contributed by atoms with van der Waals surface area (Å²) in [6, 6.07) is 5.29. The van der Waals surface area contributed by atoms with Gasteiger partial charge in [0.05, 0.1) is 11.6 Å². The number of ketones is 1. The van der Waals surface area contributed by atoms with Crippen LogP contribution in [0.3, 0.4) is 0 Å². The summed E-state index contributed by atoms with van der Waals surface area (Å²) in [6.07, 6.45) is -3.02. The van der Waals surface area contributed by atoms with Gasteiger partial charge in [0, 0.05) is 11.0 Å². The summed E-state index contributed by atoms with van der Waals surface area (Å²) < 4.78 is 39.2. The quantitative estimate of drug-likeness (QED) is 0.738. The molecule has 0 aliphatic carbocycles. The lowest BCUT2D eigenvalue weighted by Gasteiger charge is -2.32. The second-order valence-corrected chi connectivity index (χ2v) is 8.61. The molecule has 1 N–H and O–H groups in total. The van der Waals surface area contributed by atoms with E-state index >= 15 is 0 Å². The van der Waals surface area contributed by atoms with Gasteiger partial charge < -0.3 is 5.32 Å². The molecule has 0 heterocycles. The molecule has 0 saturated heterocycles. The minimum Gasteiger partial charge on any atom is -0.303 e. The molecule has 0 aromatic heterocycles. The minimum absolute atomic E-state index is 0.0894. The number of aryl methyl sites for hydroxylation is 1. The fourth-order valence-electron chi connectivity index (χ4n) is 2.83. The summed E-state index contributed by atoms with van der Waals surface area (Å²) in [5, 5.41) is 3.32. The van der Waals surface area contributed by atoms with Crippen LogP contribution in [0.2, 0.25) is 0 Å².